The molecule has 0 nitrogen and oxygen atoms in total. The Morgan fingerprint density at radius 1 is 1.60 bits per heavy atom. The maximum atomic E-state index is 4.02. The summed E-state index contributed by atoms with van der Waals surface area (Å²) in [5.74, 6) is 0.748. The van der Waals surface area contributed by atoms with Gasteiger partial charge in [-0.3, -0.25) is 0 Å². The zero-order valence-corrected chi connectivity index (χ0v) is 4.63. The van der Waals surface area contributed by atoms with Crippen molar-refractivity contribution in [1.82, 2.24) is 0 Å². The van der Waals surface area contributed by atoms with Crippen LogP contribution in [-0.2, 0) is 0 Å². The van der Waals surface area contributed by atoms with Gasteiger partial charge in [0.2, 0.25) is 0 Å². The summed E-state index contributed by atoms with van der Waals surface area (Å²) < 4.78 is 0. The maximum absolute atomic E-state index is 4.02. The first-order valence-corrected chi connectivity index (χ1v) is 2.51. The second kappa shape index (κ2) is 2.66. The van der Waals surface area contributed by atoms with Gasteiger partial charge in [0.15, 0.2) is 0 Å². The van der Waals surface area contributed by atoms with Gasteiger partial charge in [-0.05, 0) is 21.3 Å². The average molecular weight is 88.1 g/mol. The van der Waals surface area contributed by atoms with Crippen molar-refractivity contribution < 1.29 is 0 Å². The molecule has 0 aliphatic heterocycles. The van der Waals surface area contributed by atoms with Crippen LogP contribution in [0.4, 0.5) is 0 Å². The smallest absolute Gasteiger partial charge is 0.0219 e. The standard InChI is InChI=1S/C4H9P/c1-4(2)3-5/h4H,3H2,1-2H3. The van der Waals surface area contributed by atoms with Gasteiger partial charge < -0.3 is 0 Å². The lowest BCUT2D eigenvalue weighted by Crippen LogP contribution is -1.82. The number of hydrogen-bond donors (Lipinski definition) is 0. The van der Waals surface area contributed by atoms with Crippen LogP contribution in [-0.4, -0.2) is 6.16 Å². The van der Waals surface area contributed by atoms with Crippen LogP contribution in [0.3, 0.4) is 0 Å². The van der Waals surface area contributed by atoms with E-state index in [-0.39, 0.29) is 0 Å². The van der Waals surface area contributed by atoms with Crippen molar-refractivity contribution in [2.45, 2.75) is 13.8 Å². The molecule has 0 heterocycles. The quantitative estimate of drug-likeness (QED) is 0.430. The first-order chi connectivity index (χ1) is 2.27. The predicted octanol–water partition coefficient (Wildman–Crippen LogP) is 2.05. The van der Waals surface area contributed by atoms with Crippen molar-refractivity contribution in [1.29, 1.82) is 0 Å². The molecule has 0 bridgehead atoms. The van der Waals surface area contributed by atoms with Crippen LogP contribution in [0, 0.1) is 5.92 Å². The predicted molar refractivity (Wildman–Crippen MR) is 26.6 cm³/mol. The van der Waals surface area contributed by atoms with Gasteiger partial charge in [-0.15, -0.1) is 0 Å². The number of rotatable bonds is 1. The van der Waals surface area contributed by atoms with Gasteiger partial charge in [0.25, 0.3) is 0 Å². The third kappa shape index (κ3) is 4.43. The fraction of sp³-hybridized carbons (Fsp3) is 1.00. The molecule has 0 saturated heterocycles. The van der Waals surface area contributed by atoms with E-state index in [2.05, 4.69) is 23.1 Å². The molecule has 0 spiro atoms. The molecule has 5 heavy (non-hydrogen) atoms. The molecule has 30 valence electrons. The third-order valence-electron chi connectivity index (χ3n) is 0.365. The summed E-state index contributed by atoms with van der Waals surface area (Å²) >= 11 is 0. The highest BCUT2D eigenvalue weighted by atomic mass is 31.0. The highest BCUT2D eigenvalue weighted by Crippen LogP contribution is 1.94. The molecule has 2 radical (unpaired) electrons. The highest BCUT2D eigenvalue weighted by molar-refractivity contribution is 7.16. The Morgan fingerprint density at radius 3 is 1.80 bits per heavy atom. The SMILES string of the molecule is CC(C)C[P]. The largest absolute Gasteiger partial charge is 0.0624 e. The van der Waals surface area contributed by atoms with Gasteiger partial charge >= 0.3 is 0 Å². The summed E-state index contributed by atoms with van der Waals surface area (Å²) in [5.41, 5.74) is 0. The molecule has 0 N–H and O–H groups in total. The lowest BCUT2D eigenvalue weighted by Gasteiger charge is -1.89. The minimum Gasteiger partial charge on any atom is -0.0624 e. The van der Waals surface area contributed by atoms with Gasteiger partial charge in [0, 0.05) is 0 Å². The maximum Gasteiger partial charge on any atom is -0.0219 e. The van der Waals surface area contributed by atoms with Crippen molar-refractivity contribution in [3.05, 3.63) is 0 Å². The van der Waals surface area contributed by atoms with E-state index in [0.717, 1.165) is 12.1 Å². The normalized spacial score (nSPS) is 9.60. The molecule has 0 aromatic carbocycles. The highest BCUT2D eigenvalue weighted by Gasteiger charge is 1.81. The Bertz CT molecular complexity index is 17.6. The lowest BCUT2D eigenvalue weighted by molar-refractivity contribution is 0.750. The van der Waals surface area contributed by atoms with Crippen LogP contribution in [0.1, 0.15) is 13.8 Å². The van der Waals surface area contributed by atoms with Crippen LogP contribution in [0.25, 0.3) is 0 Å². The van der Waals surface area contributed by atoms with Crippen molar-refractivity contribution in [3.63, 3.8) is 0 Å². The summed E-state index contributed by atoms with van der Waals surface area (Å²) in [6.45, 7) is 4.29. The summed E-state index contributed by atoms with van der Waals surface area (Å²) in [5, 5.41) is 0. The van der Waals surface area contributed by atoms with E-state index in [1.54, 1.807) is 0 Å². The van der Waals surface area contributed by atoms with Gasteiger partial charge in [0.05, 0.1) is 0 Å². The second-order valence-electron chi connectivity index (χ2n) is 1.58. The Hall–Kier alpha value is 0.430. The summed E-state index contributed by atoms with van der Waals surface area (Å²) in [7, 11) is 4.02. The zero-order chi connectivity index (χ0) is 4.28. The van der Waals surface area contributed by atoms with Gasteiger partial charge in [-0.1, -0.05) is 13.8 Å². The molecular formula is C4H9P. The summed E-state index contributed by atoms with van der Waals surface area (Å²) in [6.07, 6.45) is 1.00. The molecule has 0 fully saturated rings. The molecule has 0 unspecified atom stereocenters. The Kier molecular flexibility index (Phi) is 2.88. The first-order valence-electron chi connectivity index (χ1n) is 1.88. The zero-order valence-electron chi connectivity index (χ0n) is 3.73. The molecule has 0 amide bonds. The van der Waals surface area contributed by atoms with E-state index in [0.29, 0.717) is 0 Å². The topological polar surface area (TPSA) is 0 Å². The van der Waals surface area contributed by atoms with Crippen LogP contribution in [0.5, 0.6) is 0 Å². The molecule has 0 aliphatic rings. The van der Waals surface area contributed by atoms with Crippen molar-refractivity contribution in [3.8, 4) is 0 Å². The van der Waals surface area contributed by atoms with Crippen molar-refractivity contribution in [2.24, 2.45) is 5.92 Å². The van der Waals surface area contributed by atoms with Crippen LogP contribution >= 0.6 is 9.24 Å². The lowest BCUT2D eigenvalue weighted by atomic mass is 10.3. The average Bonchev–Trinajstić information content (AvgIpc) is 1.38. The molecule has 0 atom stereocenters. The molecular weight excluding hydrogens is 79.0 g/mol. The Morgan fingerprint density at radius 2 is 1.80 bits per heavy atom. The fourth-order valence-corrected chi connectivity index (χ4v) is 0. The minimum absolute atomic E-state index is 0.748. The van der Waals surface area contributed by atoms with E-state index in [4.69, 9.17) is 0 Å². The van der Waals surface area contributed by atoms with Crippen LogP contribution in [0.15, 0.2) is 0 Å². The molecule has 0 aromatic heterocycles. The molecule has 0 aromatic rings. The van der Waals surface area contributed by atoms with Gasteiger partial charge in [0.1, 0.15) is 0 Å². The molecule has 0 rings (SSSR count). The van der Waals surface area contributed by atoms with Crippen molar-refractivity contribution >= 4 is 9.24 Å². The van der Waals surface area contributed by atoms with E-state index in [1.165, 1.54) is 0 Å². The van der Waals surface area contributed by atoms with E-state index in [9.17, 15) is 0 Å². The summed E-state index contributed by atoms with van der Waals surface area (Å²) in [4.78, 5) is 0. The molecule has 0 saturated carbocycles. The van der Waals surface area contributed by atoms with Gasteiger partial charge in [-0.2, -0.15) is 0 Å². The molecule has 1 heteroatoms. The van der Waals surface area contributed by atoms with E-state index < -0.39 is 0 Å². The Balaban J connectivity index is 2.54. The molecule has 0 aliphatic carbocycles. The number of hydrogen-bond acceptors (Lipinski definition) is 0. The fourth-order valence-electron chi connectivity index (χ4n) is 0. The third-order valence-corrected chi connectivity index (χ3v) is 1.10. The van der Waals surface area contributed by atoms with Crippen molar-refractivity contribution in [2.75, 3.05) is 6.16 Å². The monoisotopic (exact) mass is 88.0 g/mol. The summed E-state index contributed by atoms with van der Waals surface area (Å²) in [6, 6.07) is 0. The second-order valence-corrected chi connectivity index (χ2v) is 1.94. The van der Waals surface area contributed by atoms with Gasteiger partial charge in [-0.25, -0.2) is 0 Å². The van der Waals surface area contributed by atoms with Crippen LogP contribution < -0.4 is 0 Å². The van der Waals surface area contributed by atoms with Crippen LogP contribution in [0.2, 0.25) is 0 Å². The van der Waals surface area contributed by atoms with E-state index >= 15 is 0 Å². The van der Waals surface area contributed by atoms with E-state index in [1.807, 2.05) is 0 Å². The Labute approximate surface area is 36.2 Å². The minimum atomic E-state index is 0.748. The first kappa shape index (κ1) is 5.43.